The van der Waals surface area contributed by atoms with Gasteiger partial charge in [-0.25, -0.2) is 4.99 Å². The second kappa shape index (κ2) is 5.89. The van der Waals surface area contributed by atoms with Gasteiger partial charge in [-0.05, 0) is 17.7 Å². The topological polar surface area (TPSA) is 48.0 Å². The number of fused-ring (bicyclic) bond motifs is 3. The largest absolute Gasteiger partial charge is 1.00 e. The first-order chi connectivity index (χ1) is 10.7. The SMILES string of the molecule is OC1(c2ccc(Cl)cc2)N=CN=[N+]2C=Cc3ccccc3C21.[Cl-]. The lowest BCUT2D eigenvalue weighted by Gasteiger charge is -2.31. The molecule has 23 heavy (non-hydrogen) atoms. The van der Waals surface area contributed by atoms with E-state index in [2.05, 4.69) is 10.1 Å². The normalized spacial score (nSPS) is 24.3. The van der Waals surface area contributed by atoms with Gasteiger partial charge in [0.2, 0.25) is 0 Å². The summed E-state index contributed by atoms with van der Waals surface area (Å²) in [6, 6.07) is 14.6. The quantitative estimate of drug-likeness (QED) is 0.760. The molecule has 0 amide bonds. The molecule has 6 heteroatoms. The number of azo groups is 2. The highest BCUT2D eigenvalue weighted by Crippen LogP contribution is 2.44. The van der Waals surface area contributed by atoms with E-state index >= 15 is 0 Å². The number of benzene rings is 2. The van der Waals surface area contributed by atoms with Gasteiger partial charge >= 0.3 is 0 Å². The van der Waals surface area contributed by atoms with Crippen LogP contribution in [0.2, 0.25) is 5.02 Å². The van der Waals surface area contributed by atoms with Crippen LogP contribution in [0.4, 0.5) is 0 Å². The maximum atomic E-state index is 11.3. The van der Waals surface area contributed by atoms with E-state index in [1.807, 2.05) is 36.5 Å². The molecule has 0 aromatic heterocycles. The third kappa shape index (κ3) is 2.49. The van der Waals surface area contributed by atoms with Crippen molar-refractivity contribution in [1.29, 1.82) is 0 Å². The van der Waals surface area contributed by atoms with E-state index in [0.29, 0.717) is 10.6 Å². The van der Waals surface area contributed by atoms with E-state index in [0.717, 1.165) is 11.1 Å². The summed E-state index contributed by atoms with van der Waals surface area (Å²) in [6.07, 6.45) is 5.24. The van der Waals surface area contributed by atoms with Gasteiger partial charge in [-0.1, -0.05) is 52.7 Å². The Morgan fingerprint density at radius 2 is 1.83 bits per heavy atom. The zero-order valence-electron chi connectivity index (χ0n) is 12.0. The maximum Gasteiger partial charge on any atom is 0.263 e. The third-order valence-corrected chi connectivity index (χ3v) is 4.30. The molecular weight excluding hydrogens is 333 g/mol. The number of aliphatic hydroxyl groups is 1. The standard InChI is InChI=1S/C17H13ClN3O.ClH/c18-14-7-5-13(6-8-14)17(22)16-15-4-2-1-3-12(15)9-10-21(16)20-11-19-17;/h1-11,16,22H;1H/q+1;/p-1. The van der Waals surface area contributed by atoms with E-state index in [9.17, 15) is 5.11 Å². The number of hydrogen-bond acceptors (Lipinski definition) is 3. The first-order valence-electron chi connectivity index (χ1n) is 6.97. The number of halogens is 2. The lowest BCUT2D eigenvalue weighted by atomic mass is 9.85. The van der Waals surface area contributed by atoms with Crippen LogP contribution in [0.1, 0.15) is 22.7 Å². The summed E-state index contributed by atoms with van der Waals surface area (Å²) < 4.78 is 1.74. The second-order valence-corrected chi connectivity index (χ2v) is 5.76. The minimum absolute atomic E-state index is 0. The lowest BCUT2D eigenvalue weighted by molar-refractivity contribution is -0.594. The highest BCUT2D eigenvalue weighted by molar-refractivity contribution is 6.30. The molecule has 0 bridgehead atoms. The van der Waals surface area contributed by atoms with Crippen LogP contribution in [0.25, 0.3) is 6.08 Å². The van der Waals surface area contributed by atoms with Gasteiger partial charge in [0.1, 0.15) is 0 Å². The second-order valence-electron chi connectivity index (χ2n) is 5.32. The fourth-order valence-corrected chi connectivity index (χ4v) is 3.10. The Bertz CT molecular complexity index is 830. The average molecular weight is 346 g/mol. The van der Waals surface area contributed by atoms with Gasteiger partial charge in [0.25, 0.3) is 11.8 Å². The molecule has 0 fully saturated rings. The monoisotopic (exact) mass is 345 g/mol. The average Bonchev–Trinajstić information content (AvgIpc) is 2.55. The van der Waals surface area contributed by atoms with Gasteiger partial charge in [0.15, 0.2) is 12.5 Å². The lowest BCUT2D eigenvalue weighted by Crippen LogP contribution is -3.00. The molecule has 0 radical (unpaired) electrons. The van der Waals surface area contributed by atoms with Crippen LogP contribution in [-0.4, -0.2) is 16.1 Å². The Morgan fingerprint density at radius 1 is 1.09 bits per heavy atom. The fraction of sp³-hybridized carbons (Fsp3) is 0.118. The van der Waals surface area contributed by atoms with Crippen molar-refractivity contribution < 1.29 is 22.2 Å². The summed E-state index contributed by atoms with van der Waals surface area (Å²) in [5, 5.41) is 16.2. The van der Waals surface area contributed by atoms with Crippen molar-refractivity contribution in [2.45, 2.75) is 11.8 Å². The molecule has 2 atom stereocenters. The van der Waals surface area contributed by atoms with Crippen LogP contribution in [0.5, 0.6) is 0 Å². The molecule has 2 aromatic carbocycles. The predicted molar refractivity (Wildman–Crippen MR) is 84.7 cm³/mol. The number of rotatable bonds is 1. The van der Waals surface area contributed by atoms with Crippen molar-refractivity contribution in [3.05, 3.63) is 76.4 Å². The van der Waals surface area contributed by atoms with Gasteiger partial charge in [0, 0.05) is 27.3 Å². The molecule has 4 rings (SSSR count). The Hall–Kier alpha value is -2.01. The minimum Gasteiger partial charge on any atom is -1.00 e. The van der Waals surface area contributed by atoms with Crippen molar-refractivity contribution in [3.63, 3.8) is 0 Å². The highest BCUT2D eigenvalue weighted by Gasteiger charge is 2.51. The molecule has 2 unspecified atom stereocenters. The molecule has 116 valence electrons. The summed E-state index contributed by atoms with van der Waals surface area (Å²) in [6.45, 7) is 0. The van der Waals surface area contributed by atoms with Crippen LogP contribution in [0.3, 0.4) is 0 Å². The number of hydrogen-bond donors (Lipinski definition) is 1. The van der Waals surface area contributed by atoms with E-state index < -0.39 is 11.8 Å². The van der Waals surface area contributed by atoms with Crippen LogP contribution in [0, 0.1) is 0 Å². The van der Waals surface area contributed by atoms with Crippen molar-refractivity contribution >= 4 is 24.0 Å². The van der Waals surface area contributed by atoms with E-state index in [-0.39, 0.29) is 12.4 Å². The Labute approximate surface area is 144 Å². The molecule has 2 aliphatic heterocycles. The van der Waals surface area contributed by atoms with Gasteiger partial charge in [-0.3, -0.25) is 0 Å². The van der Waals surface area contributed by atoms with E-state index in [1.165, 1.54) is 6.34 Å². The molecule has 4 nitrogen and oxygen atoms in total. The summed E-state index contributed by atoms with van der Waals surface area (Å²) in [4.78, 5) is 4.29. The van der Waals surface area contributed by atoms with E-state index in [1.54, 1.807) is 29.0 Å². The van der Waals surface area contributed by atoms with Crippen LogP contribution >= 0.6 is 11.6 Å². The molecule has 0 aliphatic carbocycles. The van der Waals surface area contributed by atoms with Crippen molar-refractivity contribution in [1.82, 2.24) is 0 Å². The van der Waals surface area contributed by atoms with Gasteiger partial charge in [-0.2, -0.15) is 0 Å². The van der Waals surface area contributed by atoms with Crippen molar-refractivity contribution in [2.75, 3.05) is 0 Å². The Balaban J connectivity index is 0.00000156. The minimum atomic E-state index is -1.41. The summed E-state index contributed by atoms with van der Waals surface area (Å²) in [5.41, 5.74) is 1.32. The Kier molecular flexibility index (Phi) is 4.06. The molecule has 2 heterocycles. The van der Waals surface area contributed by atoms with Gasteiger partial charge in [-0.15, -0.1) is 0 Å². The van der Waals surface area contributed by atoms with Crippen molar-refractivity contribution in [2.24, 2.45) is 10.1 Å². The summed E-state index contributed by atoms with van der Waals surface area (Å²) >= 11 is 5.95. The summed E-state index contributed by atoms with van der Waals surface area (Å²) in [7, 11) is 0. The smallest absolute Gasteiger partial charge is 0.263 e. The number of nitrogens with zero attached hydrogens (tertiary/aromatic N) is 3. The highest BCUT2D eigenvalue weighted by atomic mass is 35.5. The first kappa shape index (κ1) is 15.9. The first-order valence-corrected chi connectivity index (χ1v) is 7.35. The molecular formula is C17H13Cl2N3O. The zero-order valence-corrected chi connectivity index (χ0v) is 13.5. The molecule has 0 saturated carbocycles. The maximum absolute atomic E-state index is 11.3. The van der Waals surface area contributed by atoms with Gasteiger partial charge < -0.3 is 17.5 Å². The van der Waals surface area contributed by atoms with Crippen LogP contribution in [-0.2, 0) is 5.72 Å². The van der Waals surface area contributed by atoms with E-state index in [4.69, 9.17) is 11.6 Å². The molecule has 1 N–H and O–H groups in total. The fourth-order valence-electron chi connectivity index (χ4n) is 2.98. The van der Waals surface area contributed by atoms with Gasteiger partial charge in [0.05, 0.1) is 0 Å². The zero-order chi connectivity index (χ0) is 15.2. The predicted octanol–water partition coefficient (Wildman–Crippen LogP) is 0.721. The van der Waals surface area contributed by atoms with Crippen molar-refractivity contribution in [3.8, 4) is 0 Å². The number of aliphatic imine (C=N–C) groups is 1. The van der Waals surface area contributed by atoms with Crippen LogP contribution < -0.4 is 12.4 Å². The molecule has 0 spiro atoms. The Morgan fingerprint density at radius 3 is 2.61 bits per heavy atom. The third-order valence-electron chi connectivity index (χ3n) is 4.05. The molecule has 2 aliphatic rings. The molecule has 0 saturated heterocycles. The molecule has 2 aromatic rings. The summed E-state index contributed by atoms with van der Waals surface area (Å²) in [5.74, 6) is 0. The van der Waals surface area contributed by atoms with Crippen LogP contribution in [0.15, 0.2) is 64.8 Å².